The lowest BCUT2D eigenvalue weighted by Gasteiger charge is -2.15. The summed E-state index contributed by atoms with van der Waals surface area (Å²) in [6.45, 7) is 3.17. The van der Waals surface area contributed by atoms with Crippen LogP contribution >= 0.6 is 0 Å². The van der Waals surface area contributed by atoms with Crippen molar-refractivity contribution < 1.29 is 18.3 Å². The average Bonchev–Trinajstić information content (AvgIpc) is 3.38. The van der Waals surface area contributed by atoms with E-state index in [1.165, 1.54) is 39.6 Å². The second-order valence-electron chi connectivity index (χ2n) is 9.59. The highest BCUT2D eigenvalue weighted by Crippen LogP contribution is 2.34. The molecule has 1 aromatic carbocycles. The van der Waals surface area contributed by atoms with Gasteiger partial charge in [0.2, 0.25) is 0 Å². The second-order valence-corrected chi connectivity index (χ2v) is 9.59. The van der Waals surface area contributed by atoms with E-state index in [0.29, 0.717) is 27.6 Å². The summed E-state index contributed by atoms with van der Waals surface area (Å²) in [4.78, 5) is 21.4. The zero-order chi connectivity index (χ0) is 27.2. The van der Waals surface area contributed by atoms with E-state index in [9.17, 15) is 23.1 Å². The lowest BCUT2D eigenvalue weighted by molar-refractivity contribution is -0.138. The van der Waals surface area contributed by atoms with Gasteiger partial charge in [0, 0.05) is 55.7 Å². The van der Waals surface area contributed by atoms with E-state index < -0.39 is 17.3 Å². The van der Waals surface area contributed by atoms with Gasteiger partial charge in [0.15, 0.2) is 5.82 Å². The number of aliphatic hydroxyl groups is 1. The first-order valence-corrected chi connectivity index (χ1v) is 11.7. The van der Waals surface area contributed by atoms with E-state index in [2.05, 4.69) is 20.2 Å². The molecule has 0 aliphatic heterocycles. The first-order valence-electron chi connectivity index (χ1n) is 11.7. The van der Waals surface area contributed by atoms with Crippen LogP contribution in [-0.4, -0.2) is 39.2 Å². The molecular formula is C26H24F3N7O2. The van der Waals surface area contributed by atoms with E-state index in [1.807, 2.05) is 0 Å². The van der Waals surface area contributed by atoms with Gasteiger partial charge < -0.3 is 9.67 Å². The summed E-state index contributed by atoms with van der Waals surface area (Å²) in [7, 11) is 1.52. The number of benzene rings is 1. The molecule has 0 atom stereocenters. The Hall–Kier alpha value is -4.32. The third kappa shape index (κ3) is 4.82. The normalized spacial score (nSPS) is 12.4. The van der Waals surface area contributed by atoms with Crippen LogP contribution in [0.1, 0.15) is 36.4 Å². The molecule has 1 N–H and O–H groups in total. The fourth-order valence-electron chi connectivity index (χ4n) is 4.35. The van der Waals surface area contributed by atoms with Crippen molar-refractivity contribution in [2.45, 2.75) is 38.7 Å². The van der Waals surface area contributed by atoms with Crippen molar-refractivity contribution in [2.24, 2.45) is 7.05 Å². The molecule has 0 spiro atoms. The number of halogens is 3. The Balaban J connectivity index is 1.56. The van der Waals surface area contributed by atoms with Gasteiger partial charge in [0.05, 0.1) is 29.2 Å². The van der Waals surface area contributed by atoms with Gasteiger partial charge in [-0.05, 0) is 43.2 Å². The summed E-state index contributed by atoms with van der Waals surface area (Å²) in [5.41, 5.74) is 0.209. The summed E-state index contributed by atoms with van der Waals surface area (Å²) >= 11 is 0. The number of rotatable bonds is 6. The van der Waals surface area contributed by atoms with Crippen molar-refractivity contribution in [1.29, 1.82) is 0 Å². The average molecular weight is 524 g/mol. The molecule has 0 saturated heterocycles. The minimum absolute atomic E-state index is 0.0234. The van der Waals surface area contributed by atoms with E-state index in [1.54, 1.807) is 50.5 Å². The molecule has 0 aliphatic carbocycles. The molecule has 0 unspecified atom stereocenters. The Labute approximate surface area is 214 Å². The molecule has 0 saturated carbocycles. The number of nitrogens with zero attached hydrogens (tertiary/aromatic N) is 7. The summed E-state index contributed by atoms with van der Waals surface area (Å²) in [5, 5.41) is 18.0. The first kappa shape index (κ1) is 25.3. The molecule has 0 fully saturated rings. The summed E-state index contributed by atoms with van der Waals surface area (Å²) in [6, 6.07) is 6.78. The zero-order valence-electron chi connectivity index (χ0n) is 20.8. The largest absolute Gasteiger partial charge is 0.418 e. The Morgan fingerprint density at radius 1 is 0.947 bits per heavy atom. The molecule has 38 heavy (non-hydrogen) atoms. The smallest absolute Gasteiger partial charge is 0.382 e. The monoisotopic (exact) mass is 523 g/mol. The molecule has 5 rings (SSSR count). The molecular weight excluding hydrogens is 499 g/mol. The third-order valence-corrected chi connectivity index (χ3v) is 6.29. The van der Waals surface area contributed by atoms with Crippen LogP contribution in [0.4, 0.5) is 13.2 Å². The highest BCUT2D eigenvalue weighted by atomic mass is 19.4. The number of alkyl halides is 3. The Morgan fingerprint density at radius 2 is 1.68 bits per heavy atom. The van der Waals surface area contributed by atoms with Crippen molar-refractivity contribution in [1.82, 2.24) is 34.1 Å². The van der Waals surface area contributed by atoms with Gasteiger partial charge in [0.25, 0.3) is 5.56 Å². The van der Waals surface area contributed by atoms with E-state index >= 15 is 0 Å². The number of aromatic nitrogens is 7. The van der Waals surface area contributed by atoms with Crippen molar-refractivity contribution in [2.75, 3.05) is 0 Å². The van der Waals surface area contributed by atoms with Gasteiger partial charge in [-0.25, -0.2) is 9.97 Å². The van der Waals surface area contributed by atoms with Gasteiger partial charge in [0.1, 0.15) is 5.60 Å². The van der Waals surface area contributed by atoms with Crippen LogP contribution in [0.15, 0.2) is 66.2 Å². The Bertz CT molecular complexity index is 1660. The Kier molecular flexibility index (Phi) is 6.14. The quantitative estimate of drug-likeness (QED) is 0.364. The van der Waals surface area contributed by atoms with Gasteiger partial charge >= 0.3 is 6.18 Å². The molecule has 12 heteroatoms. The first-order chi connectivity index (χ1) is 17.9. The molecule has 0 aliphatic rings. The number of fused-ring (bicyclic) bond motifs is 1. The van der Waals surface area contributed by atoms with Crippen LogP contribution in [0.3, 0.4) is 0 Å². The SMILES string of the molecule is Cn1c(=O)c2ccc(-c3cnc(C(C)(C)O)nc3)cc2n1Cc1cn(Cc2ccnnc2)cc1C(F)(F)F. The fraction of sp³-hybridized carbons (Fsp3) is 0.269. The highest BCUT2D eigenvalue weighted by Gasteiger charge is 2.35. The maximum Gasteiger partial charge on any atom is 0.418 e. The van der Waals surface area contributed by atoms with Crippen LogP contribution in [0.25, 0.3) is 22.0 Å². The van der Waals surface area contributed by atoms with E-state index in [0.717, 1.165) is 6.20 Å². The highest BCUT2D eigenvalue weighted by molar-refractivity contribution is 5.84. The minimum Gasteiger partial charge on any atom is -0.382 e. The van der Waals surface area contributed by atoms with Gasteiger partial charge in [-0.2, -0.15) is 23.4 Å². The van der Waals surface area contributed by atoms with Crippen LogP contribution in [0.5, 0.6) is 0 Å². The molecule has 5 aromatic rings. The third-order valence-electron chi connectivity index (χ3n) is 6.29. The molecule has 0 radical (unpaired) electrons. The molecule has 4 heterocycles. The van der Waals surface area contributed by atoms with Crippen LogP contribution < -0.4 is 5.56 Å². The van der Waals surface area contributed by atoms with Gasteiger partial charge in [-0.1, -0.05) is 6.07 Å². The summed E-state index contributed by atoms with van der Waals surface area (Å²) < 4.78 is 46.2. The maximum absolute atomic E-state index is 14.0. The zero-order valence-corrected chi connectivity index (χ0v) is 20.8. The molecule has 0 bridgehead atoms. The van der Waals surface area contributed by atoms with Crippen molar-refractivity contribution >= 4 is 10.9 Å². The molecule has 0 amide bonds. The number of hydrogen-bond acceptors (Lipinski definition) is 6. The second kappa shape index (κ2) is 9.21. The van der Waals surface area contributed by atoms with Gasteiger partial charge in [-0.3, -0.25) is 14.2 Å². The van der Waals surface area contributed by atoms with Crippen molar-refractivity contribution in [3.63, 3.8) is 0 Å². The van der Waals surface area contributed by atoms with Crippen LogP contribution in [-0.2, 0) is 31.9 Å². The van der Waals surface area contributed by atoms with Crippen molar-refractivity contribution in [3.05, 3.63) is 94.3 Å². The maximum atomic E-state index is 14.0. The molecule has 196 valence electrons. The van der Waals surface area contributed by atoms with E-state index in [4.69, 9.17) is 0 Å². The predicted molar refractivity (Wildman–Crippen MR) is 133 cm³/mol. The standard InChI is InChI=1S/C26H24F3N7O2/c1-25(2,38)24-30-10-18(11-31-24)17-4-5-20-22(8-17)36(34(3)23(20)37)14-19-13-35(15-21(19)26(27,28)29)12-16-6-7-32-33-9-16/h4-11,13,15,38H,12,14H2,1-3H3. The number of hydrogen-bond donors (Lipinski definition) is 1. The summed E-state index contributed by atoms with van der Waals surface area (Å²) in [5.74, 6) is 0.255. The Morgan fingerprint density at radius 3 is 2.32 bits per heavy atom. The van der Waals surface area contributed by atoms with Crippen LogP contribution in [0, 0.1) is 0 Å². The van der Waals surface area contributed by atoms with E-state index in [-0.39, 0.29) is 30.0 Å². The van der Waals surface area contributed by atoms with Gasteiger partial charge in [-0.15, -0.1) is 0 Å². The predicted octanol–water partition coefficient (Wildman–Crippen LogP) is 3.73. The fourth-order valence-corrected chi connectivity index (χ4v) is 4.35. The topological polar surface area (TPSA) is 104 Å². The lowest BCUT2D eigenvalue weighted by Crippen LogP contribution is -2.20. The summed E-state index contributed by atoms with van der Waals surface area (Å²) in [6.07, 6.45) is 4.01. The van der Waals surface area contributed by atoms with Crippen LogP contribution in [0.2, 0.25) is 0 Å². The van der Waals surface area contributed by atoms with Crippen molar-refractivity contribution in [3.8, 4) is 11.1 Å². The molecule has 9 nitrogen and oxygen atoms in total. The lowest BCUT2D eigenvalue weighted by atomic mass is 10.1. The minimum atomic E-state index is -4.58. The molecule has 4 aromatic heterocycles.